The minimum absolute atomic E-state index is 0.141. The maximum Gasteiger partial charge on any atom is 0.472 e. The Morgan fingerprint density at radius 3 is 2.85 bits per heavy atom. The lowest BCUT2D eigenvalue weighted by Gasteiger charge is -2.27. The average molecular weight is 385 g/mol. The topological polar surface area (TPSA) is 132 Å². The van der Waals surface area contributed by atoms with Gasteiger partial charge in [0.25, 0.3) is 0 Å². The Morgan fingerprint density at radius 1 is 1.35 bits per heavy atom. The summed E-state index contributed by atoms with van der Waals surface area (Å²) in [5.41, 5.74) is 1.09. The van der Waals surface area contributed by atoms with E-state index in [1.54, 1.807) is 4.57 Å². The number of hydrogen-bond donors (Lipinski definition) is 2. The van der Waals surface area contributed by atoms with Crippen LogP contribution in [0.4, 0.5) is 5.82 Å². The summed E-state index contributed by atoms with van der Waals surface area (Å²) in [5, 5.41) is 10.6. The van der Waals surface area contributed by atoms with Crippen LogP contribution in [0.1, 0.15) is 20.1 Å². The van der Waals surface area contributed by atoms with Crippen molar-refractivity contribution in [2.24, 2.45) is 0 Å². The van der Waals surface area contributed by atoms with Gasteiger partial charge >= 0.3 is 7.82 Å². The van der Waals surface area contributed by atoms with E-state index in [-0.39, 0.29) is 6.61 Å². The number of phosphoric acid groups is 1. The van der Waals surface area contributed by atoms with Crippen LogP contribution in [-0.4, -0.2) is 67.5 Å². The molecule has 0 aliphatic carbocycles. The summed E-state index contributed by atoms with van der Waals surface area (Å²) in [7, 11) is -4.17. The van der Waals surface area contributed by atoms with Crippen molar-refractivity contribution in [3.63, 3.8) is 0 Å². The zero-order chi connectivity index (χ0) is 18.5. The van der Waals surface area contributed by atoms with Crippen LogP contribution < -0.4 is 4.90 Å². The van der Waals surface area contributed by atoms with E-state index in [4.69, 9.17) is 13.8 Å². The normalized spacial score (nSPS) is 34.2. The van der Waals surface area contributed by atoms with Crippen LogP contribution in [0, 0.1) is 0 Å². The molecule has 4 heterocycles. The highest BCUT2D eigenvalue weighted by atomic mass is 31.2. The monoisotopic (exact) mass is 385 g/mol. The Hall–Kier alpha value is -1.62. The molecule has 4 rings (SSSR count). The van der Waals surface area contributed by atoms with Crippen molar-refractivity contribution >= 4 is 24.8 Å². The zero-order valence-electron chi connectivity index (χ0n) is 14.3. The summed E-state index contributed by atoms with van der Waals surface area (Å²) in [6, 6.07) is 0. The molecule has 2 aliphatic rings. The maximum absolute atomic E-state index is 11.6. The van der Waals surface area contributed by atoms with E-state index in [0.29, 0.717) is 17.0 Å². The van der Waals surface area contributed by atoms with Crippen molar-refractivity contribution < 1.29 is 28.3 Å². The lowest BCUT2D eigenvalue weighted by Crippen LogP contribution is -2.39. The number of rotatable bonds is 4. The van der Waals surface area contributed by atoms with Gasteiger partial charge in [-0.15, -0.1) is 0 Å². The lowest BCUT2D eigenvalue weighted by atomic mass is 10.1. The van der Waals surface area contributed by atoms with Crippen molar-refractivity contribution in [1.82, 2.24) is 19.5 Å². The van der Waals surface area contributed by atoms with Gasteiger partial charge in [-0.2, -0.15) is 0 Å². The summed E-state index contributed by atoms with van der Waals surface area (Å²) in [5.74, 6) is 0.697. The zero-order valence-corrected chi connectivity index (χ0v) is 15.2. The maximum atomic E-state index is 11.6. The van der Waals surface area contributed by atoms with Gasteiger partial charge < -0.3 is 19.6 Å². The summed E-state index contributed by atoms with van der Waals surface area (Å²) >= 11 is 0. The van der Waals surface area contributed by atoms with Gasteiger partial charge in [0.2, 0.25) is 0 Å². The number of imidazole rings is 1. The summed E-state index contributed by atoms with van der Waals surface area (Å²) in [6.07, 6.45) is -0.720. The Balaban J connectivity index is 1.70. The number of phosphoric ester groups is 1. The summed E-state index contributed by atoms with van der Waals surface area (Å²) < 4.78 is 28.7. The van der Waals surface area contributed by atoms with Crippen molar-refractivity contribution in [3.05, 3.63) is 12.7 Å². The molecule has 0 spiro atoms. The smallest absolute Gasteiger partial charge is 0.386 e. The first-order chi connectivity index (χ1) is 12.4. The molecule has 142 valence electrons. The van der Waals surface area contributed by atoms with Gasteiger partial charge in [0.1, 0.15) is 24.6 Å². The second kappa shape index (κ2) is 6.52. The number of anilines is 1. The van der Waals surface area contributed by atoms with E-state index in [1.807, 2.05) is 18.7 Å². The van der Waals surface area contributed by atoms with Crippen LogP contribution in [0.3, 0.4) is 0 Å². The number of nitrogens with zero attached hydrogens (tertiary/aromatic N) is 5. The van der Waals surface area contributed by atoms with Crippen molar-refractivity contribution in [2.45, 2.75) is 38.4 Å². The number of aromatic nitrogens is 4. The molecule has 2 aliphatic heterocycles. The van der Waals surface area contributed by atoms with Crippen LogP contribution in [0.2, 0.25) is 0 Å². The highest BCUT2D eigenvalue weighted by molar-refractivity contribution is 7.47. The summed E-state index contributed by atoms with van der Waals surface area (Å²) in [6.45, 7) is 5.43. The fourth-order valence-corrected chi connectivity index (χ4v) is 4.31. The molecular formula is C14H20N5O6P. The molecule has 11 nitrogen and oxygen atoms in total. The Morgan fingerprint density at radius 2 is 2.12 bits per heavy atom. The lowest BCUT2D eigenvalue weighted by molar-refractivity contribution is -0.0664. The van der Waals surface area contributed by atoms with E-state index >= 15 is 0 Å². The van der Waals surface area contributed by atoms with Crippen molar-refractivity contribution in [1.29, 1.82) is 0 Å². The van der Waals surface area contributed by atoms with Gasteiger partial charge in [0.05, 0.1) is 12.9 Å². The Bertz CT molecular complexity index is 857. The molecule has 0 radical (unpaired) electrons. The van der Waals surface area contributed by atoms with E-state index in [9.17, 15) is 14.6 Å². The second-order valence-corrected chi connectivity index (χ2v) is 7.49. The highest BCUT2D eigenvalue weighted by Gasteiger charge is 2.52. The minimum atomic E-state index is -4.17. The van der Waals surface area contributed by atoms with Crippen LogP contribution in [0.15, 0.2) is 12.7 Å². The highest BCUT2D eigenvalue weighted by Crippen LogP contribution is 2.52. The van der Waals surface area contributed by atoms with Gasteiger partial charge in [-0.3, -0.25) is 13.6 Å². The van der Waals surface area contributed by atoms with E-state index < -0.39 is 32.4 Å². The molecule has 0 aromatic carbocycles. The Labute approximate surface area is 149 Å². The standard InChI is InChI=1S/C14H20N5O6P/c1-3-18(4-2)12-9-13(16-6-15-12)19(7-17-9)14-10(20)11-8(24-14)5-23-26(21,22)25-11/h6-8,10-11,14,20H,3-5H2,1-2H3,(H,21,22)/t8-,10-,11-,14-/m1/s1. The summed E-state index contributed by atoms with van der Waals surface area (Å²) in [4.78, 5) is 24.5. The van der Waals surface area contributed by atoms with Crippen molar-refractivity contribution in [2.75, 3.05) is 24.6 Å². The molecular weight excluding hydrogens is 365 g/mol. The SMILES string of the molecule is CCN(CC)c1ncnc2c1ncn2[C@@H]1O[C@@H]2COP(=O)(O)O[C@H]2[C@H]1O. The number of aliphatic hydroxyl groups is 1. The first-order valence-electron chi connectivity index (χ1n) is 8.37. The predicted octanol–water partition coefficient (Wildman–Crippen LogP) is 0.447. The third-order valence-electron chi connectivity index (χ3n) is 4.64. The molecule has 2 saturated heterocycles. The third kappa shape index (κ3) is 2.81. The molecule has 0 saturated carbocycles. The van der Waals surface area contributed by atoms with E-state index in [0.717, 1.165) is 13.1 Å². The van der Waals surface area contributed by atoms with Crippen LogP contribution >= 0.6 is 7.82 Å². The van der Waals surface area contributed by atoms with Gasteiger partial charge in [-0.25, -0.2) is 19.5 Å². The molecule has 2 fully saturated rings. The number of hydrogen-bond acceptors (Lipinski definition) is 9. The van der Waals surface area contributed by atoms with Crippen LogP contribution in [-0.2, 0) is 18.3 Å². The van der Waals surface area contributed by atoms with Gasteiger partial charge in [-0.05, 0) is 13.8 Å². The predicted molar refractivity (Wildman–Crippen MR) is 89.5 cm³/mol. The molecule has 1 unspecified atom stereocenters. The number of fused-ring (bicyclic) bond motifs is 2. The van der Waals surface area contributed by atoms with Gasteiger partial charge in [0, 0.05) is 13.1 Å². The first kappa shape index (κ1) is 17.8. The molecule has 0 bridgehead atoms. The minimum Gasteiger partial charge on any atom is -0.386 e. The molecule has 2 aromatic rings. The van der Waals surface area contributed by atoms with Gasteiger partial charge in [-0.1, -0.05) is 0 Å². The second-order valence-electron chi connectivity index (χ2n) is 6.08. The largest absolute Gasteiger partial charge is 0.472 e. The first-order valence-corrected chi connectivity index (χ1v) is 9.86. The van der Waals surface area contributed by atoms with Crippen LogP contribution in [0.5, 0.6) is 0 Å². The Kier molecular flexibility index (Phi) is 4.46. The molecule has 26 heavy (non-hydrogen) atoms. The fraction of sp³-hybridized carbons (Fsp3) is 0.643. The molecule has 0 amide bonds. The van der Waals surface area contributed by atoms with Crippen LogP contribution in [0.25, 0.3) is 11.2 Å². The molecule has 2 N–H and O–H groups in total. The number of aliphatic hydroxyl groups excluding tert-OH is 1. The molecule has 5 atom stereocenters. The molecule has 12 heteroatoms. The van der Waals surface area contributed by atoms with E-state index in [1.165, 1.54) is 12.7 Å². The van der Waals surface area contributed by atoms with E-state index in [2.05, 4.69) is 15.0 Å². The quantitative estimate of drug-likeness (QED) is 0.715. The van der Waals surface area contributed by atoms with Crippen molar-refractivity contribution in [3.8, 4) is 0 Å². The average Bonchev–Trinajstić information content (AvgIpc) is 3.17. The van der Waals surface area contributed by atoms with Gasteiger partial charge in [0.15, 0.2) is 23.2 Å². The third-order valence-corrected chi connectivity index (χ3v) is 5.63. The number of ether oxygens (including phenoxy) is 1. The molecule has 2 aromatic heterocycles. The fourth-order valence-electron chi connectivity index (χ4n) is 3.35.